The lowest BCUT2D eigenvalue weighted by Gasteiger charge is -2.05. The number of nitrogens with one attached hydrogen (secondary N) is 1. The van der Waals surface area contributed by atoms with Gasteiger partial charge in [-0.15, -0.1) is 0 Å². The molecule has 0 unspecified atom stereocenters. The minimum Gasteiger partial charge on any atom is -0.481 e. The van der Waals surface area contributed by atoms with E-state index in [0.29, 0.717) is 29.4 Å². The molecule has 0 saturated heterocycles. The van der Waals surface area contributed by atoms with Gasteiger partial charge in [-0.2, -0.15) is 0 Å². The van der Waals surface area contributed by atoms with E-state index in [-0.39, 0.29) is 5.69 Å². The number of rotatable bonds is 4. The topological polar surface area (TPSA) is 85.7 Å². The van der Waals surface area contributed by atoms with E-state index in [9.17, 15) is 4.79 Å². The van der Waals surface area contributed by atoms with E-state index >= 15 is 0 Å². The molecule has 3 aromatic heterocycles. The Morgan fingerprint density at radius 1 is 1.08 bits per heavy atom. The van der Waals surface area contributed by atoms with Crippen molar-refractivity contribution in [3.05, 3.63) is 70.9 Å². The molecule has 25 heavy (non-hydrogen) atoms. The molecule has 0 saturated carbocycles. The molecular formula is C18H15N5O2. The third-order valence-corrected chi connectivity index (χ3v) is 3.91. The number of benzene rings is 1. The molecule has 4 aromatic rings. The molecule has 0 fully saturated rings. The predicted octanol–water partition coefficient (Wildman–Crippen LogP) is 2.24. The maximum atomic E-state index is 12.3. The average Bonchev–Trinajstić information content (AvgIpc) is 2.97. The van der Waals surface area contributed by atoms with Gasteiger partial charge in [-0.3, -0.25) is 9.55 Å². The summed E-state index contributed by atoms with van der Waals surface area (Å²) in [5.41, 5.74) is 3.21. The summed E-state index contributed by atoms with van der Waals surface area (Å²) in [5.74, 6) is 0.528. The minimum absolute atomic E-state index is 0.233. The third-order valence-electron chi connectivity index (χ3n) is 3.91. The highest BCUT2D eigenvalue weighted by Crippen LogP contribution is 2.19. The van der Waals surface area contributed by atoms with Crippen molar-refractivity contribution in [2.24, 2.45) is 0 Å². The second kappa shape index (κ2) is 6.20. The highest BCUT2D eigenvalue weighted by Gasteiger charge is 2.12. The lowest BCUT2D eigenvalue weighted by Crippen LogP contribution is -2.17. The molecule has 0 spiro atoms. The largest absolute Gasteiger partial charge is 0.481 e. The fourth-order valence-corrected chi connectivity index (χ4v) is 2.62. The van der Waals surface area contributed by atoms with Crippen LogP contribution < -0.4 is 10.4 Å². The van der Waals surface area contributed by atoms with Crippen LogP contribution in [0.1, 0.15) is 5.56 Å². The molecule has 1 aromatic carbocycles. The number of methoxy groups -OCH3 is 1. The molecule has 4 rings (SSSR count). The maximum absolute atomic E-state index is 12.3. The Balaban J connectivity index is 1.78. The molecule has 0 atom stereocenters. The van der Waals surface area contributed by atoms with Crippen LogP contribution in [0.3, 0.4) is 0 Å². The van der Waals surface area contributed by atoms with Crippen LogP contribution in [0.25, 0.3) is 22.6 Å². The van der Waals surface area contributed by atoms with Gasteiger partial charge in [-0.1, -0.05) is 30.3 Å². The van der Waals surface area contributed by atoms with E-state index in [1.807, 2.05) is 36.4 Å². The number of pyridine rings is 1. The first kappa shape index (κ1) is 15.1. The van der Waals surface area contributed by atoms with E-state index < -0.39 is 0 Å². The fourth-order valence-electron chi connectivity index (χ4n) is 2.62. The third kappa shape index (κ3) is 2.87. The number of aromatic nitrogens is 5. The predicted molar refractivity (Wildman–Crippen MR) is 93.5 cm³/mol. The first-order valence-corrected chi connectivity index (χ1v) is 7.74. The number of ether oxygens (including phenoxy) is 1. The smallest absolute Gasteiger partial charge is 0.329 e. The Labute approximate surface area is 143 Å². The quantitative estimate of drug-likeness (QED) is 0.619. The molecule has 0 aliphatic carbocycles. The van der Waals surface area contributed by atoms with Gasteiger partial charge in [-0.25, -0.2) is 19.7 Å². The normalized spacial score (nSPS) is 10.9. The van der Waals surface area contributed by atoms with E-state index in [1.165, 1.54) is 0 Å². The van der Waals surface area contributed by atoms with E-state index in [1.54, 1.807) is 30.1 Å². The van der Waals surface area contributed by atoms with Crippen LogP contribution in [0.4, 0.5) is 0 Å². The van der Waals surface area contributed by atoms with Crippen molar-refractivity contribution in [3.63, 3.8) is 0 Å². The Morgan fingerprint density at radius 2 is 1.92 bits per heavy atom. The highest BCUT2D eigenvalue weighted by atomic mass is 16.5. The van der Waals surface area contributed by atoms with Gasteiger partial charge in [0.15, 0.2) is 11.3 Å². The Hall–Kier alpha value is -3.48. The van der Waals surface area contributed by atoms with Crippen molar-refractivity contribution in [1.29, 1.82) is 0 Å². The van der Waals surface area contributed by atoms with Gasteiger partial charge in [-0.05, 0) is 11.6 Å². The van der Waals surface area contributed by atoms with Crippen LogP contribution in [0.5, 0.6) is 5.88 Å². The summed E-state index contributed by atoms with van der Waals surface area (Å²) in [6.07, 6.45) is 3.29. The molecule has 0 aliphatic heterocycles. The summed E-state index contributed by atoms with van der Waals surface area (Å²) in [6, 6.07) is 13.4. The van der Waals surface area contributed by atoms with Crippen molar-refractivity contribution in [2.45, 2.75) is 6.54 Å². The molecular weight excluding hydrogens is 318 g/mol. The Bertz CT molecular complexity index is 1070. The molecule has 0 amide bonds. The summed E-state index contributed by atoms with van der Waals surface area (Å²) in [7, 11) is 1.57. The molecule has 0 bridgehead atoms. The van der Waals surface area contributed by atoms with Crippen LogP contribution in [0.15, 0.2) is 59.7 Å². The molecule has 3 heterocycles. The van der Waals surface area contributed by atoms with Gasteiger partial charge < -0.3 is 4.74 Å². The Kier molecular flexibility index (Phi) is 3.74. The van der Waals surface area contributed by atoms with Crippen LogP contribution in [-0.2, 0) is 6.54 Å². The van der Waals surface area contributed by atoms with Gasteiger partial charge in [0.05, 0.1) is 25.5 Å². The van der Waals surface area contributed by atoms with Crippen LogP contribution in [-0.4, -0.2) is 31.6 Å². The summed E-state index contributed by atoms with van der Waals surface area (Å²) in [4.78, 5) is 28.1. The first-order chi connectivity index (χ1) is 12.2. The van der Waals surface area contributed by atoms with Crippen molar-refractivity contribution in [2.75, 3.05) is 7.11 Å². The fraction of sp³-hybridized carbons (Fsp3) is 0.111. The SMILES string of the molecule is COc1ccc(-c2cnc3[nH]c(=O)n(Cc4ccccc4)c3n2)cn1. The monoisotopic (exact) mass is 333 g/mol. The van der Waals surface area contributed by atoms with Crippen molar-refractivity contribution in [3.8, 4) is 17.1 Å². The zero-order valence-corrected chi connectivity index (χ0v) is 13.5. The van der Waals surface area contributed by atoms with E-state index in [0.717, 1.165) is 11.1 Å². The van der Waals surface area contributed by atoms with Crippen molar-refractivity contribution < 1.29 is 4.74 Å². The number of hydrogen-bond acceptors (Lipinski definition) is 5. The first-order valence-electron chi connectivity index (χ1n) is 7.74. The zero-order valence-electron chi connectivity index (χ0n) is 13.5. The van der Waals surface area contributed by atoms with Crippen LogP contribution in [0.2, 0.25) is 0 Å². The number of hydrogen-bond donors (Lipinski definition) is 1. The summed E-state index contributed by atoms with van der Waals surface area (Å²) >= 11 is 0. The van der Waals surface area contributed by atoms with Gasteiger partial charge >= 0.3 is 5.69 Å². The summed E-state index contributed by atoms with van der Waals surface area (Å²) in [5, 5.41) is 0. The van der Waals surface area contributed by atoms with Crippen molar-refractivity contribution >= 4 is 11.3 Å². The number of aromatic amines is 1. The molecule has 0 aliphatic rings. The molecule has 7 heteroatoms. The lowest BCUT2D eigenvalue weighted by atomic mass is 10.2. The van der Waals surface area contributed by atoms with Gasteiger partial charge in [0, 0.05) is 17.8 Å². The standard InChI is InChI=1S/C18H15N5O2/c1-25-15-8-7-13(9-19-15)14-10-20-16-17(21-14)23(18(24)22-16)11-12-5-3-2-4-6-12/h2-10H,11H2,1H3,(H,20,22,24). The number of fused-ring (bicyclic) bond motifs is 1. The molecule has 1 N–H and O–H groups in total. The van der Waals surface area contributed by atoms with Gasteiger partial charge in [0.1, 0.15) is 0 Å². The second-order valence-electron chi connectivity index (χ2n) is 5.52. The molecule has 7 nitrogen and oxygen atoms in total. The lowest BCUT2D eigenvalue weighted by molar-refractivity contribution is 0.398. The Morgan fingerprint density at radius 3 is 2.64 bits per heavy atom. The van der Waals surface area contributed by atoms with E-state index in [2.05, 4.69) is 19.9 Å². The summed E-state index contributed by atoms with van der Waals surface area (Å²) < 4.78 is 6.65. The molecule has 0 radical (unpaired) electrons. The second-order valence-corrected chi connectivity index (χ2v) is 5.52. The van der Waals surface area contributed by atoms with Crippen LogP contribution in [0, 0.1) is 0 Å². The number of imidazole rings is 1. The van der Waals surface area contributed by atoms with Gasteiger partial charge in [0.25, 0.3) is 0 Å². The summed E-state index contributed by atoms with van der Waals surface area (Å²) in [6.45, 7) is 0.429. The number of H-pyrrole nitrogens is 1. The average molecular weight is 333 g/mol. The van der Waals surface area contributed by atoms with Crippen LogP contribution >= 0.6 is 0 Å². The van der Waals surface area contributed by atoms with Gasteiger partial charge in [0.2, 0.25) is 5.88 Å². The van der Waals surface area contributed by atoms with E-state index in [4.69, 9.17) is 4.74 Å². The molecule has 124 valence electrons. The maximum Gasteiger partial charge on any atom is 0.329 e. The van der Waals surface area contributed by atoms with Crippen molar-refractivity contribution in [1.82, 2.24) is 24.5 Å². The highest BCUT2D eigenvalue weighted by molar-refractivity contribution is 5.70. The number of nitrogens with zero attached hydrogens (tertiary/aromatic N) is 4. The minimum atomic E-state index is -0.233. The zero-order chi connectivity index (χ0) is 17.2.